The highest BCUT2D eigenvalue weighted by molar-refractivity contribution is 7.84. The first-order chi connectivity index (χ1) is 21.0. The summed E-state index contributed by atoms with van der Waals surface area (Å²) in [5, 5.41) is 10.9. The zero-order valence-electron chi connectivity index (χ0n) is 26.5. The van der Waals surface area contributed by atoms with Crippen molar-refractivity contribution in [2.75, 3.05) is 28.3 Å². The number of ether oxygens (including phenoxy) is 2. The molecule has 0 spiro atoms. The Morgan fingerprint density at radius 1 is 0.955 bits per heavy atom. The Morgan fingerprint density at radius 3 is 2.25 bits per heavy atom. The smallest absolute Gasteiger partial charge is 0.130 e. The molecule has 232 valence electrons. The van der Waals surface area contributed by atoms with Gasteiger partial charge in [-0.05, 0) is 49.5 Å². The van der Waals surface area contributed by atoms with Crippen molar-refractivity contribution in [1.29, 1.82) is 0 Å². The lowest BCUT2D eigenvalue weighted by Gasteiger charge is -2.38. The van der Waals surface area contributed by atoms with E-state index in [0.717, 1.165) is 39.2 Å². The number of benzene rings is 3. The molecule has 1 N–H and O–H groups in total. The third-order valence-corrected chi connectivity index (χ3v) is 9.09. The lowest BCUT2D eigenvalue weighted by Crippen LogP contribution is -2.49. The van der Waals surface area contributed by atoms with Crippen LogP contribution in [0.15, 0.2) is 90.2 Å². The SMILES string of the molecule is COc1ccc2[n-]c([S@@](=O)Cc3ncc(C)c(OC)c3C)nc2c1.C[C@H]([C@@H](O)c1ccccc1)[N+](C)(C)Cc1ccccc1. The van der Waals surface area contributed by atoms with Gasteiger partial charge in [-0.2, -0.15) is 0 Å². The summed E-state index contributed by atoms with van der Waals surface area (Å²) in [7, 11) is 6.17. The second kappa shape index (κ2) is 14.6. The van der Waals surface area contributed by atoms with Crippen LogP contribution in [-0.4, -0.2) is 58.1 Å². The zero-order chi connectivity index (χ0) is 31.9. The summed E-state index contributed by atoms with van der Waals surface area (Å²) in [4.78, 5) is 13.1. The third-order valence-electron chi connectivity index (χ3n) is 7.97. The average molecular weight is 615 g/mol. The van der Waals surface area contributed by atoms with Gasteiger partial charge in [0.05, 0.1) is 50.6 Å². The van der Waals surface area contributed by atoms with Gasteiger partial charge in [-0.25, -0.2) is 0 Å². The van der Waals surface area contributed by atoms with Crippen molar-refractivity contribution in [3.63, 3.8) is 0 Å². The maximum Gasteiger partial charge on any atom is 0.130 e. The van der Waals surface area contributed by atoms with E-state index in [1.54, 1.807) is 38.6 Å². The third kappa shape index (κ3) is 7.91. The first-order valence-electron chi connectivity index (χ1n) is 14.5. The van der Waals surface area contributed by atoms with E-state index in [1.165, 1.54) is 5.56 Å². The Hall–Kier alpha value is -4.05. The van der Waals surface area contributed by atoms with E-state index in [1.807, 2.05) is 50.2 Å². The molecule has 44 heavy (non-hydrogen) atoms. The molecular formula is C35H42N4O4S. The Labute approximate surface area is 262 Å². The minimum absolute atomic E-state index is 0.123. The van der Waals surface area contributed by atoms with Crippen LogP contribution in [0.25, 0.3) is 11.0 Å². The summed E-state index contributed by atoms with van der Waals surface area (Å²) < 4.78 is 24.0. The molecule has 3 atom stereocenters. The summed E-state index contributed by atoms with van der Waals surface area (Å²) in [6.07, 6.45) is 1.28. The summed E-state index contributed by atoms with van der Waals surface area (Å²) >= 11 is 0. The monoisotopic (exact) mass is 614 g/mol. The zero-order valence-corrected chi connectivity index (χ0v) is 27.3. The van der Waals surface area contributed by atoms with Gasteiger partial charge in [0.15, 0.2) is 0 Å². The van der Waals surface area contributed by atoms with Crippen LogP contribution >= 0.6 is 0 Å². The van der Waals surface area contributed by atoms with Gasteiger partial charge in [-0.15, -0.1) is 0 Å². The van der Waals surface area contributed by atoms with Crippen LogP contribution < -0.4 is 14.5 Å². The number of imidazole rings is 1. The highest BCUT2D eigenvalue weighted by atomic mass is 32.2. The maximum atomic E-state index is 12.6. The maximum absolute atomic E-state index is 12.6. The van der Waals surface area contributed by atoms with E-state index in [9.17, 15) is 9.32 Å². The molecule has 0 fully saturated rings. The van der Waals surface area contributed by atoms with Crippen LogP contribution in [-0.2, 0) is 23.1 Å². The molecule has 2 aromatic heterocycles. The Balaban J connectivity index is 0.000000204. The number of hydrogen-bond donors (Lipinski definition) is 1. The van der Waals surface area contributed by atoms with Crippen LogP contribution in [0.2, 0.25) is 0 Å². The molecule has 3 aromatic carbocycles. The van der Waals surface area contributed by atoms with Crippen molar-refractivity contribution in [3.05, 3.63) is 113 Å². The normalized spacial score (nSPS) is 13.5. The van der Waals surface area contributed by atoms with Gasteiger partial charge in [0, 0.05) is 28.0 Å². The molecule has 9 heteroatoms. The quantitative estimate of drug-likeness (QED) is 0.195. The predicted octanol–water partition coefficient (Wildman–Crippen LogP) is 5.91. The second-order valence-electron chi connectivity index (χ2n) is 11.4. The van der Waals surface area contributed by atoms with Crippen molar-refractivity contribution in [2.45, 2.75) is 50.4 Å². The number of aliphatic hydroxyl groups excluding tert-OH is 1. The fourth-order valence-electron chi connectivity index (χ4n) is 5.06. The number of quaternary nitrogens is 1. The molecule has 5 aromatic rings. The highest BCUT2D eigenvalue weighted by Gasteiger charge is 2.31. The molecule has 0 unspecified atom stereocenters. The van der Waals surface area contributed by atoms with Gasteiger partial charge in [0.1, 0.15) is 30.2 Å². The predicted molar refractivity (Wildman–Crippen MR) is 175 cm³/mol. The number of aryl methyl sites for hydroxylation is 1. The van der Waals surface area contributed by atoms with E-state index in [-0.39, 0.29) is 11.8 Å². The molecule has 0 aliphatic carbocycles. The van der Waals surface area contributed by atoms with Crippen LogP contribution in [0.3, 0.4) is 0 Å². The number of aromatic nitrogens is 3. The Bertz CT molecular complexity index is 1690. The molecule has 0 amide bonds. The lowest BCUT2D eigenvalue weighted by molar-refractivity contribution is -0.930. The second-order valence-corrected chi connectivity index (χ2v) is 12.8. The highest BCUT2D eigenvalue weighted by Crippen LogP contribution is 2.27. The molecular weight excluding hydrogens is 572 g/mol. The van der Waals surface area contributed by atoms with Crippen molar-refractivity contribution in [1.82, 2.24) is 15.0 Å². The van der Waals surface area contributed by atoms with Gasteiger partial charge in [-0.3, -0.25) is 9.19 Å². The summed E-state index contributed by atoms with van der Waals surface area (Å²) in [5.41, 5.74) is 6.22. The topological polar surface area (TPSA) is 95.6 Å². The number of rotatable bonds is 10. The van der Waals surface area contributed by atoms with Crippen molar-refractivity contribution >= 4 is 21.8 Å². The number of fused-ring (bicyclic) bond motifs is 1. The Morgan fingerprint density at radius 2 is 1.61 bits per heavy atom. The van der Waals surface area contributed by atoms with Gasteiger partial charge in [0.2, 0.25) is 0 Å². The number of nitrogens with zero attached hydrogens (tertiary/aromatic N) is 4. The first-order valence-corrected chi connectivity index (χ1v) is 15.8. The van der Waals surface area contributed by atoms with Gasteiger partial charge in [-0.1, -0.05) is 66.7 Å². The minimum Gasteiger partial charge on any atom is -0.497 e. The summed E-state index contributed by atoms with van der Waals surface area (Å²) in [6, 6.07) is 25.9. The van der Waals surface area contributed by atoms with E-state index in [2.05, 4.69) is 60.2 Å². The summed E-state index contributed by atoms with van der Waals surface area (Å²) in [5.74, 6) is 1.71. The molecule has 2 heterocycles. The van der Waals surface area contributed by atoms with Crippen molar-refractivity contribution < 1.29 is 23.3 Å². The molecule has 0 aliphatic heterocycles. The first kappa shape index (κ1) is 32.9. The number of pyridine rings is 1. The largest absolute Gasteiger partial charge is 0.497 e. The van der Waals surface area contributed by atoms with Gasteiger partial charge in [0.25, 0.3) is 0 Å². The van der Waals surface area contributed by atoms with Gasteiger partial charge < -0.3 is 29.0 Å². The standard InChI is InChI=1S/C18H24NO.C17H18N3O3S/c1-15(18(20)17-12-8-5-9-13-17)19(2,3)14-16-10-6-4-7-11-16;1-10-8-18-15(11(2)16(10)23-4)9-24(21)17-19-13-6-5-12(22-3)7-14(13)20-17/h4-13,15,18,20H,14H2,1-3H3;5-8H,9H2,1-4H3/q+1;-1/t15-,18-;24-/m10/s1. The van der Waals surface area contributed by atoms with Crippen molar-refractivity contribution in [2.24, 2.45) is 0 Å². The van der Waals surface area contributed by atoms with E-state index < -0.39 is 16.9 Å². The van der Waals surface area contributed by atoms with E-state index in [0.29, 0.717) is 21.9 Å². The molecule has 0 bridgehead atoms. The molecule has 0 aliphatic rings. The molecule has 0 radical (unpaired) electrons. The van der Waals surface area contributed by atoms with Crippen LogP contribution in [0.1, 0.15) is 41.0 Å². The van der Waals surface area contributed by atoms with Crippen LogP contribution in [0.4, 0.5) is 0 Å². The summed E-state index contributed by atoms with van der Waals surface area (Å²) in [6.45, 7) is 6.87. The van der Waals surface area contributed by atoms with Crippen molar-refractivity contribution in [3.8, 4) is 11.5 Å². The lowest BCUT2D eigenvalue weighted by atomic mass is 10.0. The van der Waals surface area contributed by atoms with Crippen LogP contribution in [0, 0.1) is 13.8 Å². The average Bonchev–Trinajstić information content (AvgIpc) is 3.47. The number of aliphatic hydroxyl groups is 1. The van der Waals surface area contributed by atoms with E-state index in [4.69, 9.17) is 9.47 Å². The number of methoxy groups -OCH3 is 2. The molecule has 0 saturated carbocycles. The van der Waals surface area contributed by atoms with Crippen LogP contribution in [0.5, 0.6) is 11.5 Å². The molecule has 5 rings (SSSR count). The molecule has 8 nitrogen and oxygen atoms in total. The molecule has 0 saturated heterocycles. The fourth-order valence-corrected chi connectivity index (χ4v) is 6.13. The van der Waals surface area contributed by atoms with Gasteiger partial charge >= 0.3 is 0 Å². The number of hydrogen-bond acceptors (Lipinski definition) is 6. The Kier molecular flexibility index (Phi) is 10.9. The number of likely N-dealkylation sites (N-methyl/N-ethyl adjacent to an activating group) is 1. The minimum atomic E-state index is -1.38. The van der Waals surface area contributed by atoms with E-state index >= 15 is 0 Å². The fraction of sp³-hybridized carbons (Fsp3) is 0.314.